The molecule has 0 fully saturated rings. The topological polar surface area (TPSA) is 52.6 Å². The van der Waals surface area contributed by atoms with Gasteiger partial charge in [-0.2, -0.15) is 0 Å². The van der Waals surface area contributed by atoms with Crippen molar-refractivity contribution in [2.75, 3.05) is 68.8 Å². The highest BCUT2D eigenvalue weighted by atomic mass is 32.1. The van der Waals surface area contributed by atoms with E-state index in [9.17, 15) is 0 Å². The Morgan fingerprint density at radius 1 is 0.842 bits per heavy atom. The van der Waals surface area contributed by atoms with Crippen molar-refractivity contribution >= 4 is 11.3 Å². The van der Waals surface area contributed by atoms with Gasteiger partial charge in [0, 0.05) is 24.5 Å². The summed E-state index contributed by atoms with van der Waals surface area (Å²) in [6.07, 6.45) is 3.10. The maximum absolute atomic E-state index is 5.62. The lowest BCUT2D eigenvalue weighted by Crippen LogP contribution is -2.37. The van der Waals surface area contributed by atoms with Crippen LogP contribution in [0, 0.1) is 0 Å². The Morgan fingerprint density at radius 2 is 1.55 bits per heavy atom. The van der Waals surface area contributed by atoms with Crippen molar-refractivity contribution in [2.45, 2.75) is 25.3 Å². The predicted molar refractivity (Wildman–Crippen MR) is 153 cm³/mol. The zero-order valence-corrected chi connectivity index (χ0v) is 24.2. The minimum absolute atomic E-state index is 0.231. The summed E-state index contributed by atoms with van der Waals surface area (Å²) in [4.78, 5) is 6.50. The second-order valence-corrected chi connectivity index (χ2v) is 10.5. The van der Waals surface area contributed by atoms with Gasteiger partial charge in [0.05, 0.1) is 41.6 Å². The molecule has 0 saturated carbocycles. The van der Waals surface area contributed by atoms with Crippen molar-refractivity contribution in [3.63, 3.8) is 0 Å². The molecule has 1 aliphatic heterocycles. The highest BCUT2D eigenvalue weighted by Gasteiger charge is 2.30. The Morgan fingerprint density at radius 3 is 2.21 bits per heavy atom. The molecule has 0 N–H and O–H groups in total. The van der Waals surface area contributed by atoms with Crippen LogP contribution in [0.4, 0.5) is 0 Å². The summed E-state index contributed by atoms with van der Waals surface area (Å²) in [5, 5.41) is 2.22. The molecular formula is C30H40N2O5S. The van der Waals surface area contributed by atoms with E-state index in [0.29, 0.717) is 17.2 Å². The monoisotopic (exact) mass is 540 g/mol. The molecule has 3 aromatic rings. The third-order valence-electron chi connectivity index (χ3n) is 7.28. The molecule has 4 rings (SSSR count). The van der Waals surface area contributed by atoms with E-state index >= 15 is 0 Å². The number of rotatable bonds is 13. The second kappa shape index (κ2) is 13.2. The van der Waals surface area contributed by atoms with Gasteiger partial charge >= 0.3 is 0 Å². The number of likely N-dealkylation sites (N-methyl/N-ethyl adjacent to an activating group) is 1. The van der Waals surface area contributed by atoms with E-state index in [-0.39, 0.29) is 6.04 Å². The van der Waals surface area contributed by atoms with Crippen LogP contribution in [-0.4, -0.2) is 78.6 Å². The third kappa shape index (κ3) is 6.20. The summed E-state index contributed by atoms with van der Waals surface area (Å²) in [7, 11) is 10.5. The zero-order chi connectivity index (χ0) is 27.1. The lowest BCUT2D eigenvalue weighted by atomic mass is 9.93. The van der Waals surface area contributed by atoms with Crippen LogP contribution in [-0.2, 0) is 12.8 Å². The van der Waals surface area contributed by atoms with Gasteiger partial charge in [0.2, 0.25) is 5.75 Å². The van der Waals surface area contributed by atoms with Gasteiger partial charge in [-0.1, -0.05) is 6.07 Å². The van der Waals surface area contributed by atoms with E-state index in [1.54, 1.807) is 35.5 Å². The van der Waals surface area contributed by atoms with Crippen LogP contribution >= 0.6 is 11.3 Å². The Labute approximate surface area is 230 Å². The van der Waals surface area contributed by atoms with Gasteiger partial charge in [-0.15, -0.1) is 11.3 Å². The van der Waals surface area contributed by atoms with Gasteiger partial charge in [0.1, 0.15) is 0 Å². The fourth-order valence-electron chi connectivity index (χ4n) is 5.28. The highest BCUT2D eigenvalue weighted by molar-refractivity contribution is 7.10. The second-order valence-electron chi connectivity index (χ2n) is 9.54. The quantitative estimate of drug-likeness (QED) is 0.292. The largest absolute Gasteiger partial charge is 0.493 e. The molecule has 1 unspecified atom stereocenters. The summed E-state index contributed by atoms with van der Waals surface area (Å²) < 4.78 is 27.6. The van der Waals surface area contributed by atoms with E-state index < -0.39 is 0 Å². The smallest absolute Gasteiger partial charge is 0.203 e. The highest BCUT2D eigenvalue weighted by Crippen LogP contribution is 2.41. The average molecular weight is 541 g/mol. The molecule has 0 spiro atoms. The van der Waals surface area contributed by atoms with Gasteiger partial charge in [-0.05, 0) is 85.3 Å². The molecule has 0 bridgehead atoms. The third-order valence-corrected chi connectivity index (χ3v) is 8.28. The number of benzene rings is 2. The van der Waals surface area contributed by atoms with Crippen LogP contribution in [0.1, 0.15) is 34.0 Å². The Bertz CT molecular complexity index is 1170. The first-order chi connectivity index (χ1) is 18.5. The number of ether oxygens (including phenoxy) is 5. The van der Waals surface area contributed by atoms with Crippen molar-refractivity contribution in [1.29, 1.82) is 0 Å². The van der Waals surface area contributed by atoms with Crippen molar-refractivity contribution in [2.24, 2.45) is 0 Å². The molecule has 1 aliphatic rings. The summed E-state index contributed by atoms with van der Waals surface area (Å²) in [6.45, 7) is 4.06. The van der Waals surface area contributed by atoms with E-state index in [2.05, 4.69) is 40.4 Å². The molecule has 0 aliphatic carbocycles. The molecule has 7 nitrogen and oxygen atoms in total. The number of hydrogen-bond donors (Lipinski definition) is 0. The Hall–Kier alpha value is -2.94. The predicted octanol–water partition coefficient (Wildman–Crippen LogP) is 5.30. The fourth-order valence-corrected chi connectivity index (χ4v) is 6.18. The van der Waals surface area contributed by atoms with Crippen molar-refractivity contribution in [3.05, 3.63) is 63.3 Å². The normalized spacial score (nSPS) is 15.3. The van der Waals surface area contributed by atoms with Gasteiger partial charge < -0.3 is 28.6 Å². The Balaban J connectivity index is 1.38. The van der Waals surface area contributed by atoms with E-state index in [4.69, 9.17) is 23.7 Å². The molecule has 0 radical (unpaired) electrons. The lowest BCUT2D eigenvalue weighted by Gasteiger charge is -2.37. The molecule has 0 saturated heterocycles. The standard InChI is InChI=1S/C30H40N2O5S/c1-31(15-10-21-18-26(35-4)30(37-6)27(19-21)36-5)13-7-14-32-16-11-28-23(12-17-38-28)29(32)22-8-9-24(33-2)25(20-22)34-3/h8-9,12,17-20,29H,7,10-11,13-16H2,1-6H3. The first-order valence-corrected chi connectivity index (χ1v) is 13.9. The Kier molecular flexibility index (Phi) is 9.77. The number of hydrogen-bond acceptors (Lipinski definition) is 8. The van der Waals surface area contributed by atoms with E-state index in [1.165, 1.54) is 21.6 Å². The van der Waals surface area contributed by atoms with Crippen molar-refractivity contribution in [1.82, 2.24) is 9.80 Å². The minimum atomic E-state index is 0.231. The number of methoxy groups -OCH3 is 5. The van der Waals surface area contributed by atoms with Crippen molar-refractivity contribution < 1.29 is 23.7 Å². The van der Waals surface area contributed by atoms with Gasteiger partial charge in [0.25, 0.3) is 0 Å². The van der Waals surface area contributed by atoms with Crippen LogP contribution < -0.4 is 23.7 Å². The van der Waals surface area contributed by atoms with E-state index in [0.717, 1.165) is 56.9 Å². The van der Waals surface area contributed by atoms with Gasteiger partial charge in [0.15, 0.2) is 23.0 Å². The lowest BCUT2D eigenvalue weighted by molar-refractivity contribution is 0.199. The van der Waals surface area contributed by atoms with Crippen LogP contribution in [0.2, 0.25) is 0 Å². The maximum Gasteiger partial charge on any atom is 0.203 e. The zero-order valence-electron chi connectivity index (χ0n) is 23.4. The molecule has 8 heteroatoms. The van der Waals surface area contributed by atoms with Crippen LogP contribution in [0.3, 0.4) is 0 Å². The van der Waals surface area contributed by atoms with Gasteiger partial charge in [-0.3, -0.25) is 4.90 Å². The molecule has 1 aromatic heterocycles. The van der Waals surface area contributed by atoms with Gasteiger partial charge in [-0.25, -0.2) is 0 Å². The number of fused-ring (bicyclic) bond motifs is 1. The fraction of sp³-hybridized carbons (Fsp3) is 0.467. The first kappa shape index (κ1) is 28.1. The average Bonchev–Trinajstić information content (AvgIpc) is 3.43. The molecular weight excluding hydrogens is 500 g/mol. The molecule has 0 amide bonds. The summed E-state index contributed by atoms with van der Waals surface area (Å²) in [5.41, 5.74) is 3.84. The summed E-state index contributed by atoms with van der Waals surface area (Å²) in [6, 6.07) is 12.9. The SMILES string of the molecule is COc1ccc(C2c3ccsc3CCN2CCCN(C)CCc2cc(OC)c(OC)c(OC)c2)cc1OC. The number of thiophene rings is 1. The molecule has 38 heavy (non-hydrogen) atoms. The molecule has 2 heterocycles. The first-order valence-electron chi connectivity index (χ1n) is 13.0. The summed E-state index contributed by atoms with van der Waals surface area (Å²) in [5.74, 6) is 3.57. The van der Waals surface area contributed by atoms with Crippen LogP contribution in [0.5, 0.6) is 28.7 Å². The maximum atomic E-state index is 5.62. The molecule has 206 valence electrons. The van der Waals surface area contributed by atoms with E-state index in [1.807, 2.05) is 29.5 Å². The minimum Gasteiger partial charge on any atom is -0.493 e. The van der Waals surface area contributed by atoms with Crippen LogP contribution in [0.25, 0.3) is 0 Å². The molecule has 1 atom stereocenters. The molecule has 2 aromatic carbocycles. The number of nitrogens with zero attached hydrogens (tertiary/aromatic N) is 2. The summed E-state index contributed by atoms with van der Waals surface area (Å²) >= 11 is 1.87. The van der Waals surface area contributed by atoms with Crippen molar-refractivity contribution in [3.8, 4) is 28.7 Å². The van der Waals surface area contributed by atoms with Crippen LogP contribution in [0.15, 0.2) is 41.8 Å².